The van der Waals surface area contributed by atoms with E-state index in [0.717, 1.165) is 25.1 Å². The number of carbonyl (C=O) groups excluding carboxylic acids is 2. The Labute approximate surface area is 166 Å². The fourth-order valence-corrected chi connectivity index (χ4v) is 3.60. The molecule has 1 heterocycles. The molecule has 2 atom stereocenters. The minimum absolute atomic E-state index is 0.130. The summed E-state index contributed by atoms with van der Waals surface area (Å²) in [5.74, 6) is 1.00. The summed E-state index contributed by atoms with van der Waals surface area (Å²) in [6.07, 6.45) is 1.13. The molecule has 2 aromatic carbocycles. The molecule has 0 saturated carbocycles. The van der Waals surface area contributed by atoms with E-state index < -0.39 is 5.97 Å². The van der Waals surface area contributed by atoms with Crippen molar-refractivity contribution >= 4 is 11.9 Å². The highest BCUT2D eigenvalue weighted by atomic mass is 16.5. The van der Waals surface area contributed by atoms with Crippen LogP contribution in [0, 0.1) is 11.8 Å². The topological polar surface area (TPSA) is 55.8 Å². The van der Waals surface area contributed by atoms with Crippen LogP contribution in [0.4, 0.5) is 0 Å². The van der Waals surface area contributed by atoms with Gasteiger partial charge in [0, 0.05) is 13.1 Å². The van der Waals surface area contributed by atoms with Gasteiger partial charge in [0.25, 0.3) is 5.91 Å². The van der Waals surface area contributed by atoms with Crippen LogP contribution in [0.25, 0.3) is 0 Å². The molecule has 0 radical (unpaired) electrons. The summed E-state index contributed by atoms with van der Waals surface area (Å²) in [4.78, 5) is 26.3. The zero-order chi connectivity index (χ0) is 19.9. The number of rotatable bonds is 6. The largest absolute Gasteiger partial charge is 0.489 e. The van der Waals surface area contributed by atoms with Crippen molar-refractivity contribution in [1.29, 1.82) is 0 Å². The molecule has 0 bridgehead atoms. The molecule has 0 N–H and O–H groups in total. The van der Waals surface area contributed by atoms with E-state index in [0.29, 0.717) is 29.8 Å². The van der Waals surface area contributed by atoms with Crippen LogP contribution >= 0.6 is 0 Å². The zero-order valence-electron chi connectivity index (χ0n) is 16.5. The first-order valence-corrected chi connectivity index (χ1v) is 9.73. The van der Waals surface area contributed by atoms with Gasteiger partial charge in [0.05, 0.1) is 5.56 Å². The Bertz CT molecular complexity index is 778. The van der Waals surface area contributed by atoms with Crippen molar-refractivity contribution in [3.63, 3.8) is 0 Å². The van der Waals surface area contributed by atoms with Gasteiger partial charge in [-0.25, -0.2) is 4.79 Å². The van der Waals surface area contributed by atoms with E-state index in [-0.39, 0.29) is 12.5 Å². The van der Waals surface area contributed by atoms with E-state index in [9.17, 15) is 9.59 Å². The highest BCUT2D eigenvalue weighted by Crippen LogP contribution is 2.21. The van der Waals surface area contributed by atoms with E-state index in [2.05, 4.69) is 13.8 Å². The third kappa shape index (κ3) is 5.59. The SMILES string of the molecule is C[C@H]1C[C@H](C)CN(C(=O)COC(=O)c2ccc(OCc3ccccc3)cc2)C1. The third-order valence-electron chi connectivity index (χ3n) is 4.89. The number of esters is 1. The van der Waals surface area contributed by atoms with Crippen LogP contribution in [0.3, 0.4) is 0 Å². The molecule has 1 aliphatic heterocycles. The molecule has 5 heteroatoms. The number of carbonyl (C=O) groups is 2. The van der Waals surface area contributed by atoms with Gasteiger partial charge in [-0.15, -0.1) is 0 Å². The second-order valence-electron chi connectivity index (χ2n) is 7.62. The Hall–Kier alpha value is -2.82. The average molecular weight is 381 g/mol. The molecule has 0 aromatic heterocycles. The summed E-state index contributed by atoms with van der Waals surface area (Å²) in [5.41, 5.74) is 1.48. The van der Waals surface area contributed by atoms with Crippen LogP contribution in [0.5, 0.6) is 5.75 Å². The zero-order valence-corrected chi connectivity index (χ0v) is 16.5. The van der Waals surface area contributed by atoms with Gasteiger partial charge in [-0.3, -0.25) is 4.79 Å². The predicted octanol–water partition coefficient (Wildman–Crippen LogP) is 3.93. The van der Waals surface area contributed by atoms with Crippen molar-refractivity contribution < 1.29 is 19.1 Å². The lowest BCUT2D eigenvalue weighted by atomic mass is 9.92. The number of likely N-dealkylation sites (tertiary alicyclic amines) is 1. The first-order chi connectivity index (χ1) is 13.5. The number of nitrogens with zero attached hydrogens (tertiary/aromatic N) is 1. The molecule has 0 unspecified atom stereocenters. The molecule has 1 fully saturated rings. The Balaban J connectivity index is 1.47. The van der Waals surface area contributed by atoms with Gasteiger partial charge in [-0.05, 0) is 48.1 Å². The molecule has 2 aromatic rings. The van der Waals surface area contributed by atoms with Crippen LogP contribution in [0.2, 0.25) is 0 Å². The average Bonchev–Trinajstić information content (AvgIpc) is 2.70. The molecular formula is C23H27NO4. The van der Waals surface area contributed by atoms with Gasteiger partial charge in [-0.2, -0.15) is 0 Å². The van der Waals surface area contributed by atoms with Crippen LogP contribution < -0.4 is 4.74 Å². The van der Waals surface area contributed by atoms with E-state index in [1.54, 1.807) is 29.2 Å². The Morgan fingerprint density at radius 3 is 2.25 bits per heavy atom. The molecule has 0 spiro atoms. The number of benzene rings is 2. The van der Waals surface area contributed by atoms with Crippen molar-refractivity contribution in [2.75, 3.05) is 19.7 Å². The maximum atomic E-state index is 12.3. The normalized spacial score (nSPS) is 19.1. The summed E-state index contributed by atoms with van der Waals surface area (Å²) < 4.78 is 10.9. The van der Waals surface area contributed by atoms with Crippen molar-refractivity contribution in [2.45, 2.75) is 26.9 Å². The number of hydrogen-bond donors (Lipinski definition) is 0. The molecule has 28 heavy (non-hydrogen) atoms. The summed E-state index contributed by atoms with van der Waals surface area (Å²) in [7, 11) is 0. The summed E-state index contributed by atoms with van der Waals surface area (Å²) in [6.45, 7) is 5.99. The lowest BCUT2D eigenvalue weighted by Gasteiger charge is -2.34. The monoisotopic (exact) mass is 381 g/mol. The molecule has 1 aliphatic rings. The summed E-state index contributed by atoms with van der Waals surface area (Å²) in [5, 5.41) is 0. The minimum atomic E-state index is -0.499. The molecule has 3 rings (SSSR count). The number of amides is 1. The number of piperidine rings is 1. The van der Waals surface area contributed by atoms with Crippen molar-refractivity contribution in [3.05, 3.63) is 65.7 Å². The van der Waals surface area contributed by atoms with Gasteiger partial charge in [-0.1, -0.05) is 44.2 Å². The fraction of sp³-hybridized carbons (Fsp3) is 0.391. The highest BCUT2D eigenvalue weighted by molar-refractivity contribution is 5.91. The lowest BCUT2D eigenvalue weighted by molar-refractivity contribution is -0.137. The first-order valence-electron chi connectivity index (χ1n) is 9.73. The van der Waals surface area contributed by atoms with Crippen LogP contribution in [-0.2, 0) is 16.1 Å². The van der Waals surface area contributed by atoms with Gasteiger partial charge in [0.1, 0.15) is 12.4 Å². The van der Waals surface area contributed by atoms with E-state index in [1.165, 1.54) is 0 Å². The van der Waals surface area contributed by atoms with Crippen molar-refractivity contribution in [2.24, 2.45) is 11.8 Å². The van der Waals surface area contributed by atoms with Gasteiger partial charge >= 0.3 is 5.97 Å². The van der Waals surface area contributed by atoms with E-state index in [4.69, 9.17) is 9.47 Å². The van der Waals surface area contributed by atoms with E-state index >= 15 is 0 Å². The van der Waals surface area contributed by atoms with Gasteiger partial charge in [0.2, 0.25) is 0 Å². The van der Waals surface area contributed by atoms with E-state index in [1.807, 2.05) is 30.3 Å². The van der Waals surface area contributed by atoms with Crippen LogP contribution in [0.15, 0.2) is 54.6 Å². The highest BCUT2D eigenvalue weighted by Gasteiger charge is 2.26. The third-order valence-corrected chi connectivity index (χ3v) is 4.89. The standard InChI is InChI=1S/C23H27NO4/c1-17-12-18(2)14-24(13-17)22(25)16-28-23(26)20-8-10-21(11-9-20)27-15-19-6-4-3-5-7-19/h3-11,17-18H,12-16H2,1-2H3/t17-,18-/m0/s1. The second kappa shape index (κ2) is 9.40. The van der Waals surface area contributed by atoms with Crippen molar-refractivity contribution in [1.82, 2.24) is 4.90 Å². The maximum absolute atomic E-state index is 12.3. The fourth-order valence-electron chi connectivity index (χ4n) is 3.60. The Morgan fingerprint density at radius 2 is 1.61 bits per heavy atom. The quantitative estimate of drug-likeness (QED) is 0.712. The van der Waals surface area contributed by atoms with Crippen molar-refractivity contribution in [3.8, 4) is 5.75 Å². The molecule has 148 valence electrons. The maximum Gasteiger partial charge on any atom is 0.338 e. The van der Waals surface area contributed by atoms with Crippen LogP contribution in [0.1, 0.15) is 36.2 Å². The van der Waals surface area contributed by atoms with Gasteiger partial charge < -0.3 is 14.4 Å². The van der Waals surface area contributed by atoms with Gasteiger partial charge in [0.15, 0.2) is 6.61 Å². The summed E-state index contributed by atoms with van der Waals surface area (Å²) >= 11 is 0. The second-order valence-corrected chi connectivity index (χ2v) is 7.62. The Kier molecular flexibility index (Phi) is 6.69. The smallest absolute Gasteiger partial charge is 0.338 e. The number of hydrogen-bond acceptors (Lipinski definition) is 4. The molecule has 1 saturated heterocycles. The minimum Gasteiger partial charge on any atom is -0.489 e. The number of ether oxygens (including phenoxy) is 2. The predicted molar refractivity (Wildman–Crippen MR) is 107 cm³/mol. The lowest BCUT2D eigenvalue weighted by Crippen LogP contribution is -2.44. The molecule has 1 amide bonds. The first kappa shape index (κ1) is 19.9. The molecule has 5 nitrogen and oxygen atoms in total. The van der Waals surface area contributed by atoms with Crippen LogP contribution in [-0.4, -0.2) is 36.5 Å². The summed E-state index contributed by atoms with van der Waals surface area (Å²) in [6, 6.07) is 16.6. The molecular weight excluding hydrogens is 354 g/mol. The molecule has 0 aliphatic carbocycles. The Morgan fingerprint density at radius 1 is 0.964 bits per heavy atom.